The molecule has 100 valence electrons. The molecule has 0 N–H and O–H groups in total. The predicted octanol–water partition coefficient (Wildman–Crippen LogP) is 0.750. The van der Waals surface area contributed by atoms with Crippen molar-refractivity contribution in [2.45, 2.75) is 25.6 Å². The second-order valence-electron chi connectivity index (χ2n) is 5.27. The van der Waals surface area contributed by atoms with Gasteiger partial charge in [-0.3, -0.25) is 9.58 Å². The first-order valence-electron chi connectivity index (χ1n) is 6.68. The number of hydrogen-bond donors (Lipinski definition) is 0. The summed E-state index contributed by atoms with van der Waals surface area (Å²) in [6.45, 7) is 5.58. The van der Waals surface area contributed by atoms with Crippen molar-refractivity contribution in [3.05, 3.63) is 18.0 Å². The molecule has 1 saturated heterocycles. The number of ether oxygens (including phenoxy) is 2. The van der Waals surface area contributed by atoms with Gasteiger partial charge in [-0.15, -0.1) is 0 Å². The Labute approximate surface area is 108 Å². The molecular weight excluding hydrogens is 230 g/mol. The minimum absolute atomic E-state index is 0.511. The van der Waals surface area contributed by atoms with E-state index in [0.717, 1.165) is 45.9 Å². The molecule has 3 rings (SSSR count). The van der Waals surface area contributed by atoms with Crippen molar-refractivity contribution in [2.24, 2.45) is 5.92 Å². The van der Waals surface area contributed by atoms with Crippen LogP contribution in [0.25, 0.3) is 0 Å². The van der Waals surface area contributed by atoms with Gasteiger partial charge in [-0.25, -0.2) is 0 Å². The summed E-state index contributed by atoms with van der Waals surface area (Å²) in [6.07, 6.45) is 3.04. The molecule has 5 nitrogen and oxygen atoms in total. The maximum Gasteiger partial charge on any atom is 0.0622 e. The minimum Gasteiger partial charge on any atom is -0.384 e. The summed E-state index contributed by atoms with van der Waals surface area (Å²) in [5, 5.41) is 4.41. The number of fused-ring (bicyclic) bond motifs is 1. The molecule has 0 bridgehead atoms. The Morgan fingerprint density at radius 3 is 3.22 bits per heavy atom. The third kappa shape index (κ3) is 2.43. The van der Waals surface area contributed by atoms with Crippen molar-refractivity contribution in [1.82, 2.24) is 14.7 Å². The van der Waals surface area contributed by atoms with Crippen molar-refractivity contribution in [2.75, 3.05) is 33.5 Å². The fourth-order valence-electron chi connectivity index (χ4n) is 2.99. The van der Waals surface area contributed by atoms with Crippen LogP contribution in [0.1, 0.15) is 12.1 Å². The maximum absolute atomic E-state index is 5.52. The molecule has 2 aliphatic heterocycles. The van der Waals surface area contributed by atoms with Gasteiger partial charge in [0, 0.05) is 51.5 Å². The molecule has 5 heteroatoms. The summed E-state index contributed by atoms with van der Waals surface area (Å²) in [4.78, 5) is 2.54. The van der Waals surface area contributed by atoms with Crippen molar-refractivity contribution >= 4 is 0 Å². The van der Waals surface area contributed by atoms with Gasteiger partial charge in [-0.05, 0) is 12.5 Å². The third-order valence-electron chi connectivity index (χ3n) is 3.92. The van der Waals surface area contributed by atoms with E-state index in [1.807, 2.05) is 6.20 Å². The van der Waals surface area contributed by atoms with Crippen molar-refractivity contribution < 1.29 is 9.47 Å². The minimum atomic E-state index is 0.511. The normalized spacial score (nSPS) is 29.2. The molecule has 1 aromatic rings. The Kier molecular flexibility index (Phi) is 3.63. The van der Waals surface area contributed by atoms with Crippen molar-refractivity contribution in [3.8, 4) is 0 Å². The molecule has 0 aliphatic carbocycles. The summed E-state index contributed by atoms with van der Waals surface area (Å²) in [6, 6.07) is 2.68. The summed E-state index contributed by atoms with van der Waals surface area (Å²) in [5.41, 5.74) is 1.31. The van der Waals surface area contributed by atoms with E-state index in [2.05, 4.69) is 20.7 Å². The lowest BCUT2D eigenvalue weighted by Gasteiger charge is -2.28. The van der Waals surface area contributed by atoms with E-state index in [1.54, 1.807) is 7.11 Å². The summed E-state index contributed by atoms with van der Waals surface area (Å²) >= 11 is 0. The molecule has 1 fully saturated rings. The van der Waals surface area contributed by atoms with Crippen LogP contribution in [0, 0.1) is 5.92 Å². The van der Waals surface area contributed by atoms with Crippen LogP contribution >= 0.6 is 0 Å². The highest BCUT2D eigenvalue weighted by molar-refractivity contribution is 5.03. The molecule has 0 unspecified atom stereocenters. The zero-order valence-corrected chi connectivity index (χ0v) is 10.9. The van der Waals surface area contributed by atoms with E-state index in [0.29, 0.717) is 12.0 Å². The fourth-order valence-corrected chi connectivity index (χ4v) is 2.99. The first-order chi connectivity index (χ1) is 8.86. The fraction of sp³-hybridized carbons (Fsp3) is 0.769. The molecule has 2 aliphatic rings. The molecule has 0 aromatic carbocycles. The number of aromatic nitrogens is 2. The summed E-state index contributed by atoms with van der Waals surface area (Å²) < 4.78 is 13.0. The van der Waals surface area contributed by atoms with Crippen molar-refractivity contribution in [1.29, 1.82) is 0 Å². The average molecular weight is 251 g/mol. The molecule has 0 saturated carbocycles. The van der Waals surface area contributed by atoms with Gasteiger partial charge >= 0.3 is 0 Å². The zero-order valence-electron chi connectivity index (χ0n) is 10.9. The Morgan fingerprint density at radius 2 is 2.44 bits per heavy atom. The average Bonchev–Trinajstić information content (AvgIpc) is 2.99. The van der Waals surface area contributed by atoms with Crippen LogP contribution in [0.4, 0.5) is 0 Å². The standard InChI is InChI=1S/C13H21N3O2/c1-17-9-11-6-15(13-3-5-18-10-13)8-12-2-4-14-16(12)7-11/h2,4,11,13H,3,5-10H2,1H3/t11-,13-/m1/s1. The first-order valence-corrected chi connectivity index (χ1v) is 6.68. The first kappa shape index (κ1) is 12.1. The van der Waals surface area contributed by atoms with E-state index in [-0.39, 0.29) is 0 Å². The molecular formula is C13H21N3O2. The molecule has 0 spiro atoms. The maximum atomic E-state index is 5.52. The Bertz CT molecular complexity index is 387. The number of methoxy groups -OCH3 is 1. The second-order valence-corrected chi connectivity index (χ2v) is 5.27. The topological polar surface area (TPSA) is 39.5 Å². The van der Waals surface area contributed by atoms with E-state index < -0.39 is 0 Å². The van der Waals surface area contributed by atoms with Crippen LogP contribution in [0.5, 0.6) is 0 Å². The molecule has 18 heavy (non-hydrogen) atoms. The largest absolute Gasteiger partial charge is 0.384 e. The van der Waals surface area contributed by atoms with Gasteiger partial charge in [-0.1, -0.05) is 0 Å². The Hall–Kier alpha value is -0.910. The van der Waals surface area contributed by atoms with E-state index in [1.165, 1.54) is 5.69 Å². The third-order valence-corrected chi connectivity index (χ3v) is 3.92. The van der Waals surface area contributed by atoms with Crippen LogP contribution in [0.3, 0.4) is 0 Å². The highest BCUT2D eigenvalue weighted by Gasteiger charge is 2.29. The predicted molar refractivity (Wildman–Crippen MR) is 67.2 cm³/mol. The highest BCUT2D eigenvalue weighted by Crippen LogP contribution is 2.21. The summed E-state index contributed by atoms with van der Waals surface area (Å²) in [7, 11) is 1.78. The quantitative estimate of drug-likeness (QED) is 0.795. The van der Waals surface area contributed by atoms with Gasteiger partial charge in [0.15, 0.2) is 0 Å². The van der Waals surface area contributed by atoms with Crippen LogP contribution in [0.15, 0.2) is 12.3 Å². The molecule has 1 aromatic heterocycles. The van der Waals surface area contributed by atoms with Gasteiger partial charge in [0.2, 0.25) is 0 Å². The van der Waals surface area contributed by atoms with Crippen LogP contribution in [-0.4, -0.2) is 54.2 Å². The summed E-state index contributed by atoms with van der Waals surface area (Å²) in [5.74, 6) is 0.511. The lowest BCUT2D eigenvalue weighted by molar-refractivity contribution is 0.0898. The van der Waals surface area contributed by atoms with E-state index >= 15 is 0 Å². The van der Waals surface area contributed by atoms with Gasteiger partial charge in [-0.2, -0.15) is 5.10 Å². The van der Waals surface area contributed by atoms with Crippen molar-refractivity contribution in [3.63, 3.8) is 0 Å². The Balaban J connectivity index is 1.78. The number of nitrogens with zero attached hydrogens (tertiary/aromatic N) is 3. The van der Waals surface area contributed by atoms with Crippen LogP contribution in [-0.2, 0) is 22.6 Å². The molecule has 2 atom stereocenters. The smallest absolute Gasteiger partial charge is 0.0622 e. The number of rotatable bonds is 3. The lowest BCUT2D eigenvalue weighted by Crippen LogP contribution is -2.38. The van der Waals surface area contributed by atoms with Gasteiger partial charge in [0.05, 0.1) is 18.9 Å². The number of hydrogen-bond acceptors (Lipinski definition) is 4. The SMILES string of the molecule is COC[C@@H]1CN([C@@H]2CCOC2)Cc2ccnn2C1. The monoisotopic (exact) mass is 251 g/mol. The van der Waals surface area contributed by atoms with E-state index in [9.17, 15) is 0 Å². The Morgan fingerprint density at radius 1 is 1.50 bits per heavy atom. The molecule has 0 amide bonds. The zero-order chi connectivity index (χ0) is 12.4. The molecule has 0 radical (unpaired) electrons. The highest BCUT2D eigenvalue weighted by atomic mass is 16.5. The van der Waals surface area contributed by atoms with E-state index in [4.69, 9.17) is 9.47 Å². The van der Waals surface area contributed by atoms with Crippen LogP contribution in [0.2, 0.25) is 0 Å². The lowest BCUT2D eigenvalue weighted by atomic mass is 10.1. The van der Waals surface area contributed by atoms with Gasteiger partial charge in [0.1, 0.15) is 0 Å². The van der Waals surface area contributed by atoms with Gasteiger partial charge < -0.3 is 9.47 Å². The van der Waals surface area contributed by atoms with Gasteiger partial charge in [0.25, 0.3) is 0 Å². The second kappa shape index (κ2) is 5.38. The van der Waals surface area contributed by atoms with Crippen LogP contribution < -0.4 is 0 Å². The molecule has 3 heterocycles.